The Labute approximate surface area is 212 Å². The lowest BCUT2D eigenvalue weighted by molar-refractivity contribution is -0.135. The van der Waals surface area contributed by atoms with Crippen molar-refractivity contribution in [3.63, 3.8) is 0 Å². The van der Waals surface area contributed by atoms with Gasteiger partial charge < -0.3 is 15.4 Å². The number of aliphatic imine (C=N–C) groups is 1. The molecule has 2 aliphatic heterocycles. The van der Waals surface area contributed by atoms with Gasteiger partial charge in [0, 0.05) is 30.8 Å². The highest BCUT2D eigenvalue weighted by Gasteiger charge is 2.71. The molecule has 2 aromatic rings. The third-order valence-electron chi connectivity index (χ3n) is 7.13. The summed E-state index contributed by atoms with van der Waals surface area (Å²) in [5, 5.41) is 0.235. The van der Waals surface area contributed by atoms with Crippen LogP contribution in [0.1, 0.15) is 35.7 Å². The average Bonchev–Trinajstić information content (AvgIpc) is 3.61. The highest BCUT2D eigenvalue weighted by atomic mass is 32.2. The fourth-order valence-electron chi connectivity index (χ4n) is 5.19. The molecule has 7 nitrogen and oxygen atoms in total. The third-order valence-corrected chi connectivity index (χ3v) is 8.42. The lowest BCUT2D eigenvalue weighted by Crippen LogP contribution is -2.49. The molecule has 2 fully saturated rings. The molecule has 3 aliphatic rings. The Bertz CT molecular complexity index is 1350. The number of morpholine rings is 1. The van der Waals surface area contributed by atoms with Crippen molar-refractivity contribution in [1.29, 1.82) is 0 Å². The summed E-state index contributed by atoms with van der Waals surface area (Å²) in [4.78, 5) is 27.3. The molecule has 2 N–H and O–H groups in total. The number of carbonyl (C=O) groups excluding carboxylic acids is 1. The number of thioether (sulfide) groups is 1. The monoisotopic (exact) mass is 509 g/mol. The number of aromatic nitrogens is 1. The average molecular weight is 510 g/mol. The minimum atomic E-state index is -1.08. The molecule has 0 unspecified atom stereocenters. The van der Waals surface area contributed by atoms with Crippen LogP contribution in [0, 0.1) is 25.2 Å². The van der Waals surface area contributed by atoms with E-state index in [-0.39, 0.29) is 28.3 Å². The topological polar surface area (TPSA) is 85.2 Å². The molecule has 1 saturated heterocycles. The van der Waals surface area contributed by atoms with Crippen LogP contribution in [0.15, 0.2) is 35.5 Å². The van der Waals surface area contributed by atoms with Crippen LogP contribution in [0.4, 0.5) is 14.5 Å². The number of rotatable bonds is 4. The number of amidine groups is 1. The zero-order chi connectivity index (χ0) is 25.7. The van der Waals surface area contributed by atoms with Crippen LogP contribution < -0.4 is 5.73 Å². The lowest BCUT2D eigenvalue weighted by atomic mass is 9.84. The molecule has 1 saturated carbocycles. The summed E-state index contributed by atoms with van der Waals surface area (Å²) in [6.07, 6.45) is 3.12. The van der Waals surface area contributed by atoms with Crippen LogP contribution >= 0.6 is 11.8 Å². The van der Waals surface area contributed by atoms with E-state index >= 15 is 8.78 Å². The van der Waals surface area contributed by atoms with Crippen molar-refractivity contribution in [3.05, 3.63) is 70.1 Å². The molecule has 1 amide bonds. The number of hydrogen-bond donors (Lipinski definition) is 1. The highest BCUT2D eigenvalue weighted by Crippen LogP contribution is 2.66. The molecule has 36 heavy (non-hydrogen) atoms. The number of halogens is 2. The zero-order valence-corrected chi connectivity index (χ0v) is 20.7. The number of pyridine rings is 1. The molecule has 3 heterocycles. The van der Waals surface area contributed by atoms with Crippen molar-refractivity contribution in [2.24, 2.45) is 16.6 Å². The molecule has 1 aromatic heterocycles. The van der Waals surface area contributed by atoms with Gasteiger partial charge in [-0.05, 0) is 55.7 Å². The summed E-state index contributed by atoms with van der Waals surface area (Å²) < 4.78 is 34.9. The normalized spacial score (nSPS) is 27.6. The second-order valence-corrected chi connectivity index (χ2v) is 10.8. The van der Waals surface area contributed by atoms with Gasteiger partial charge in [-0.2, -0.15) is 0 Å². The van der Waals surface area contributed by atoms with Gasteiger partial charge >= 0.3 is 0 Å². The van der Waals surface area contributed by atoms with Crippen LogP contribution in [0.2, 0.25) is 0 Å². The number of nitrogens with zero attached hydrogens (tertiary/aromatic N) is 4. The van der Waals surface area contributed by atoms with Crippen LogP contribution in [0.25, 0.3) is 16.7 Å². The summed E-state index contributed by atoms with van der Waals surface area (Å²) in [5.74, 6) is -1.36. The third kappa shape index (κ3) is 4.06. The van der Waals surface area contributed by atoms with Gasteiger partial charge in [0.2, 0.25) is 11.6 Å². The SMILES string of the molecule is [C-]#[N+]c1cnc(/C(F)=C/c2ccc(F)c([C@@]3(C)N=C(N)S[C@@]4(C(=O)N5CCOCC5)C[C@H]43)c2)c(C)c1. The van der Waals surface area contributed by atoms with E-state index in [1.807, 2.05) is 0 Å². The van der Waals surface area contributed by atoms with E-state index in [9.17, 15) is 4.79 Å². The maximum absolute atomic E-state index is 15.2. The van der Waals surface area contributed by atoms with Gasteiger partial charge in [-0.1, -0.05) is 17.8 Å². The van der Waals surface area contributed by atoms with E-state index in [1.165, 1.54) is 36.2 Å². The Hall–Kier alpha value is -3.29. The fourth-order valence-corrected chi connectivity index (χ4v) is 6.64. The molecule has 10 heteroatoms. The molecule has 0 radical (unpaired) electrons. The molecule has 0 spiro atoms. The number of aryl methyl sites for hydroxylation is 1. The molecule has 1 aromatic carbocycles. The zero-order valence-electron chi connectivity index (χ0n) is 19.9. The van der Waals surface area contributed by atoms with Crippen molar-refractivity contribution in [1.82, 2.24) is 9.88 Å². The predicted octanol–water partition coefficient (Wildman–Crippen LogP) is 4.44. The number of benzene rings is 1. The van der Waals surface area contributed by atoms with Crippen LogP contribution in [-0.2, 0) is 15.1 Å². The Kier molecular flexibility index (Phi) is 6.09. The number of amides is 1. The second-order valence-electron chi connectivity index (χ2n) is 9.45. The van der Waals surface area contributed by atoms with Gasteiger partial charge in [0.15, 0.2) is 5.17 Å². The molecular formula is C26H25F2N5O2S. The summed E-state index contributed by atoms with van der Waals surface area (Å²) in [5.41, 5.74) is 6.78. The number of carbonyl (C=O) groups is 1. The van der Waals surface area contributed by atoms with Gasteiger partial charge in [-0.25, -0.2) is 13.6 Å². The highest BCUT2D eigenvalue weighted by molar-refractivity contribution is 8.15. The lowest BCUT2D eigenvalue weighted by Gasteiger charge is -2.36. The Balaban J connectivity index is 1.49. The van der Waals surface area contributed by atoms with E-state index in [4.69, 9.17) is 17.0 Å². The number of fused-ring (bicyclic) bond motifs is 1. The first-order chi connectivity index (χ1) is 17.2. The smallest absolute Gasteiger partial charge is 0.239 e. The first-order valence-electron chi connectivity index (χ1n) is 11.6. The number of hydrogen-bond acceptors (Lipinski definition) is 6. The minimum absolute atomic E-state index is 0.0169. The van der Waals surface area contributed by atoms with Crippen molar-refractivity contribution in [2.45, 2.75) is 30.6 Å². The van der Waals surface area contributed by atoms with Gasteiger partial charge in [0.25, 0.3) is 0 Å². The maximum Gasteiger partial charge on any atom is 0.239 e. The standard InChI is InChI=1S/C26H25F2N5O2S/c1-15-10-17(30-3)14-31-22(15)20(28)12-16-4-5-19(27)18(11-16)25(2)21-13-26(21,36-24(29)32-25)23(34)33-6-8-35-9-7-33/h4-5,10-12,14,21H,6-9,13H2,1-2H3,(H2,29,32)/b20-12-/t21-,25+,26-/m0/s1. The summed E-state index contributed by atoms with van der Waals surface area (Å²) in [6, 6.07) is 5.89. The fraction of sp³-hybridized carbons (Fsp3) is 0.385. The molecule has 0 bridgehead atoms. The Morgan fingerprint density at radius 2 is 2.11 bits per heavy atom. The number of ether oxygens (including phenoxy) is 1. The van der Waals surface area contributed by atoms with Crippen LogP contribution in [-0.4, -0.2) is 52.0 Å². The largest absolute Gasteiger partial charge is 0.378 e. The maximum atomic E-state index is 15.2. The van der Waals surface area contributed by atoms with Gasteiger partial charge in [0.05, 0.1) is 31.0 Å². The molecule has 5 rings (SSSR count). The minimum Gasteiger partial charge on any atom is -0.378 e. The van der Waals surface area contributed by atoms with Gasteiger partial charge in [0.1, 0.15) is 16.4 Å². The predicted molar refractivity (Wildman–Crippen MR) is 135 cm³/mol. The Morgan fingerprint density at radius 1 is 1.36 bits per heavy atom. The summed E-state index contributed by atoms with van der Waals surface area (Å²) >= 11 is 1.26. The summed E-state index contributed by atoms with van der Waals surface area (Å²) in [7, 11) is 0. The van der Waals surface area contributed by atoms with Crippen LogP contribution in [0.5, 0.6) is 0 Å². The van der Waals surface area contributed by atoms with Crippen molar-refractivity contribution >= 4 is 40.4 Å². The van der Waals surface area contributed by atoms with E-state index in [0.29, 0.717) is 49.5 Å². The first-order valence-corrected chi connectivity index (χ1v) is 12.4. The van der Waals surface area contributed by atoms with Crippen molar-refractivity contribution in [2.75, 3.05) is 26.3 Å². The van der Waals surface area contributed by atoms with Gasteiger partial charge in [-0.15, -0.1) is 0 Å². The van der Waals surface area contributed by atoms with Crippen molar-refractivity contribution in [3.8, 4) is 0 Å². The second kappa shape index (κ2) is 8.98. The molecule has 186 valence electrons. The number of nitrogens with two attached hydrogens (primary N) is 1. The van der Waals surface area contributed by atoms with Crippen LogP contribution in [0.3, 0.4) is 0 Å². The summed E-state index contributed by atoms with van der Waals surface area (Å²) in [6.45, 7) is 12.5. The molecule has 1 aliphatic carbocycles. The van der Waals surface area contributed by atoms with E-state index < -0.39 is 21.9 Å². The van der Waals surface area contributed by atoms with Crippen molar-refractivity contribution < 1.29 is 18.3 Å². The quantitative estimate of drug-likeness (QED) is 0.616. The van der Waals surface area contributed by atoms with E-state index in [1.54, 1.807) is 30.9 Å². The Morgan fingerprint density at radius 3 is 2.81 bits per heavy atom. The molecule has 3 atom stereocenters. The first kappa shape index (κ1) is 24.4. The van der Waals surface area contributed by atoms with Gasteiger partial charge in [-0.3, -0.25) is 14.8 Å². The van der Waals surface area contributed by atoms with E-state index in [0.717, 1.165) is 0 Å². The molecular weight excluding hydrogens is 484 g/mol. The van der Waals surface area contributed by atoms with E-state index in [2.05, 4.69) is 14.8 Å².